The molecule has 6 nitrogen and oxygen atoms in total. The first-order chi connectivity index (χ1) is 9.81. The number of anilines is 2. The molecule has 0 aromatic heterocycles. The minimum atomic E-state index is -3.22. The smallest absolute Gasteiger partial charge is 0.241 e. The lowest BCUT2D eigenvalue weighted by atomic mass is 10.0. The predicted octanol–water partition coefficient (Wildman–Crippen LogP) is 1.57. The van der Waals surface area contributed by atoms with E-state index in [0.717, 1.165) is 0 Å². The number of amides is 1. The molecular formula is C14H22ClN3O3S. The molecule has 1 aromatic carbocycles. The Bertz CT molecular complexity index is 634. The molecule has 0 saturated carbocycles. The number of benzene rings is 1. The zero-order valence-corrected chi connectivity index (χ0v) is 14.3. The summed E-state index contributed by atoms with van der Waals surface area (Å²) >= 11 is 0. The van der Waals surface area contributed by atoms with Crippen molar-refractivity contribution in [3.8, 4) is 0 Å². The van der Waals surface area contributed by atoms with Gasteiger partial charge in [0.05, 0.1) is 17.5 Å². The number of nitrogens with one attached hydrogen (secondary N) is 1. The second kappa shape index (κ2) is 7.30. The van der Waals surface area contributed by atoms with Crippen LogP contribution in [0.5, 0.6) is 0 Å². The van der Waals surface area contributed by atoms with Crippen molar-refractivity contribution in [3.05, 3.63) is 24.3 Å². The molecule has 8 heteroatoms. The maximum atomic E-state index is 11.9. The number of hydrogen-bond acceptors (Lipinski definition) is 4. The third-order valence-electron chi connectivity index (χ3n) is 3.52. The number of carbonyl (C=O) groups excluding carboxylic acids is 1. The van der Waals surface area contributed by atoms with Crippen LogP contribution in [0.4, 0.5) is 11.4 Å². The summed E-state index contributed by atoms with van der Waals surface area (Å²) in [6.07, 6.45) is 0.622. The van der Waals surface area contributed by atoms with Crippen LogP contribution in [0.25, 0.3) is 0 Å². The van der Waals surface area contributed by atoms with Gasteiger partial charge in [0, 0.05) is 12.2 Å². The first-order valence-electron chi connectivity index (χ1n) is 6.98. The molecule has 1 atom stereocenters. The monoisotopic (exact) mass is 347 g/mol. The van der Waals surface area contributed by atoms with Crippen molar-refractivity contribution in [1.82, 2.24) is 0 Å². The summed E-state index contributed by atoms with van der Waals surface area (Å²) in [4.78, 5) is 11.9. The van der Waals surface area contributed by atoms with E-state index in [1.54, 1.807) is 24.3 Å². The Morgan fingerprint density at radius 3 is 2.59 bits per heavy atom. The van der Waals surface area contributed by atoms with Gasteiger partial charge in [0.25, 0.3) is 0 Å². The summed E-state index contributed by atoms with van der Waals surface area (Å²) in [5.74, 6) is -0.0690. The number of rotatable bonds is 4. The zero-order valence-electron chi connectivity index (χ0n) is 12.7. The average molecular weight is 348 g/mol. The molecule has 124 valence electrons. The molecule has 0 unspecified atom stereocenters. The van der Waals surface area contributed by atoms with Crippen LogP contribution in [0, 0.1) is 5.92 Å². The minimum Gasteiger partial charge on any atom is -0.325 e. The van der Waals surface area contributed by atoms with Crippen LogP contribution in [0.15, 0.2) is 24.3 Å². The highest BCUT2D eigenvalue weighted by Crippen LogP contribution is 2.26. The first-order valence-corrected chi connectivity index (χ1v) is 8.59. The molecule has 0 aliphatic carbocycles. The molecular weight excluding hydrogens is 326 g/mol. The zero-order chi connectivity index (χ0) is 15.6. The highest BCUT2D eigenvalue weighted by molar-refractivity contribution is 7.93. The molecule has 1 aromatic rings. The molecule has 1 heterocycles. The molecule has 1 fully saturated rings. The van der Waals surface area contributed by atoms with Crippen molar-refractivity contribution in [3.63, 3.8) is 0 Å². The van der Waals surface area contributed by atoms with Crippen LogP contribution < -0.4 is 15.4 Å². The van der Waals surface area contributed by atoms with Gasteiger partial charge in [-0.05, 0) is 30.5 Å². The Kier molecular flexibility index (Phi) is 6.22. The third-order valence-corrected chi connectivity index (χ3v) is 5.39. The van der Waals surface area contributed by atoms with Gasteiger partial charge < -0.3 is 11.1 Å². The third kappa shape index (κ3) is 4.12. The Morgan fingerprint density at radius 2 is 2.05 bits per heavy atom. The SMILES string of the molecule is CC(C)[C@H](N)C(=O)Nc1cccc(N2CCCS2(=O)=O)c1.Cl. The molecule has 0 bridgehead atoms. The highest BCUT2D eigenvalue weighted by Gasteiger charge is 2.28. The van der Waals surface area contributed by atoms with Gasteiger partial charge in [-0.2, -0.15) is 0 Å². The molecule has 2 rings (SSSR count). The van der Waals surface area contributed by atoms with Crippen molar-refractivity contribution in [2.45, 2.75) is 26.3 Å². The fourth-order valence-electron chi connectivity index (χ4n) is 2.20. The van der Waals surface area contributed by atoms with E-state index in [-0.39, 0.29) is 30.0 Å². The van der Waals surface area contributed by atoms with Crippen molar-refractivity contribution in [1.29, 1.82) is 0 Å². The van der Waals surface area contributed by atoms with Crippen LogP contribution in [-0.4, -0.2) is 32.7 Å². The second-order valence-electron chi connectivity index (χ2n) is 5.55. The standard InChI is InChI=1S/C14H21N3O3S.ClH/c1-10(2)13(15)14(18)16-11-5-3-6-12(9-11)17-7-4-8-21(17,19)20;/h3,5-6,9-10,13H,4,7-8,15H2,1-2H3,(H,16,18);1H/t13-;/m0./s1. The van der Waals surface area contributed by atoms with E-state index >= 15 is 0 Å². The lowest BCUT2D eigenvalue weighted by Gasteiger charge is -2.19. The van der Waals surface area contributed by atoms with Crippen molar-refractivity contribution < 1.29 is 13.2 Å². The fourth-order valence-corrected chi connectivity index (χ4v) is 3.75. The molecule has 1 aliphatic heterocycles. The molecule has 1 saturated heterocycles. The predicted molar refractivity (Wildman–Crippen MR) is 90.9 cm³/mol. The summed E-state index contributed by atoms with van der Waals surface area (Å²) in [5.41, 5.74) is 6.92. The van der Waals surface area contributed by atoms with Gasteiger partial charge >= 0.3 is 0 Å². The van der Waals surface area contributed by atoms with Gasteiger partial charge in [0.1, 0.15) is 0 Å². The van der Waals surface area contributed by atoms with Crippen LogP contribution in [0.3, 0.4) is 0 Å². The van der Waals surface area contributed by atoms with E-state index in [0.29, 0.717) is 24.3 Å². The van der Waals surface area contributed by atoms with Gasteiger partial charge in [0.15, 0.2) is 0 Å². The summed E-state index contributed by atoms with van der Waals surface area (Å²) in [7, 11) is -3.22. The van der Waals surface area contributed by atoms with Gasteiger partial charge in [0.2, 0.25) is 15.9 Å². The van der Waals surface area contributed by atoms with Crippen LogP contribution in [0.2, 0.25) is 0 Å². The van der Waals surface area contributed by atoms with E-state index in [2.05, 4.69) is 5.32 Å². The minimum absolute atomic E-state index is 0. The number of nitrogens with zero attached hydrogens (tertiary/aromatic N) is 1. The molecule has 22 heavy (non-hydrogen) atoms. The van der Waals surface area contributed by atoms with E-state index < -0.39 is 16.1 Å². The molecule has 0 spiro atoms. The Morgan fingerprint density at radius 1 is 1.36 bits per heavy atom. The fraction of sp³-hybridized carbons (Fsp3) is 0.500. The second-order valence-corrected chi connectivity index (χ2v) is 7.56. The maximum absolute atomic E-state index is 11.9. The van der Waals surface area contributed by atoms with Crippen LogP contribution >= 0.6 is 12.4 Å². The summed E-state index contributed by atoms with van der Waals surface area (Å²) < 4.78 is 25.2. The lowest BCUT2D eigenvalue weighted by molar-refractivity contribution is -0.118. The number of sulfonamides is 1. The van der Waals surface area contributed by atoms with Crippen molar-refractivity contribution in [2.75, 3.05) is 21.9 Å². The van der Waals surface area contributed by atoms with Crippen molar-refractivity contribution >= 4 is 39.7 Å². The van der Waals surface area contributed by atoms with Gasteiger partial charge in [-0.3, -0.25) is 9.10 Å². The summed E-state index contributed by atoms with van der Waals surface area (Å²) in [6.45, 7) is 4.22. The summed E-state index contributed by atoms with van der Waals surface area (Å²) in [6, 6.07) is 6.23. The van der Waals surface area contributed by atoms with Crippen LogP contribution in [0.1, 0.15) is 20.3 Å². The molecule has 0 radical (unpaired) electrons. The molecule has 1 amide bonds. The first kappa shape index (κ1) is 18.7. The Labute approximate surface area is 137 Å². The largest absolute Gasteiger partial charge is 0.325 e. The average Bonchev–Trinajstić information content (AvgIpc) is 2.77. The number of halogens is 1. The topological polar surface area (TPSA) is 92.5 Å². The Balaban J connectivity index is 0.00000242. The van der Waals surface area contributed by atoms with Crippen molar-refractivity contribution in [2.24, 2.45) is 11.7 Å². The van der Waals surface area contributed by atoms with E-state index in [1.807, 2.05) is 13.8 Å². The van der Waals surface area contributed by atoms with Gasteiger partial charge in [-0.15, -0.1) is 12.4 Å². The summed E-state index contributed by atoms with van der Waals surface area (Å²) in [5, 5.41) is 2.73. The van der Waals surface area contributed by atoms with Gasteiger partial charge in [-0.1, -0.05) is 19.9 Å². The number of nitrogens with two attached hydrogens (primary N) is 1. The lowest BCUT2D eigenvalue weighted by Crippen LogP contribution is -2.39. The van der Waals surface area contributed by atoms with Crippen LogP contribution in [-0.2, 0) is 14.8 Å². The maximum Gasteiger partial charge on any atom is 0.241 e. The Hall–Kier alpha value is -1.31. The van der Waals surface area contributed by atoms with E-state index in [9.17, 15) is 13.2 Å². The number of carbonyl (C=O) groups is 1. The molecule has 3 N–H and O–H groups in total. The van der Waals surface area contributed by atoms with Gasteiger partial charge in [-0.25, -0.2) is 8.42 Å². The highest BCUT2D eigenvalue weighted by atomic mass is 35.5. The van der Waals surface area contributed by atoms with E-state index in [4.69, 9.17) is 5.73 Å². The molecule has 1 aliphatic rings. The van der Waals surface area contributed by atoms with E-state index in [1.165, 1.54) is 4.31 Å². The number of hydrogen-bond donors (Lipinski definition) is 2. The quantitative estimate of drug-likeness (QED) is 0.864. The normalized spacial score (nSPS) is 17.9.